The monoisotopic (exact) mass is 394 g/mol. The van der Waals surface area contributed by atoms with Crippen molar-refractivity contribution in [1.29, 1.82) is 0 Å². The summed E-state index contributed by atoms with van der Waals surface area (Å²) in [5, 5.41) is 0. The molecule has 0 spiro atoms. The Morgan fingerprint density at radius 1 is 0.793 bits per heavy atom. The van der Waals surface area contributed by atoms with E-state index < -0.39 is 0 Å². The SMILES string of the molecule is O=C(CCN1CCN(Cc2ccccn2)CC1)N1CCN(c2ccccn2)CC1. The summed E-state index contributed by atoms with van der Waals surface area (Å²) < 4.78 is 0. The minimum atomic E-state index is 0.279. The van der Waals surface area contributed by atoms with Gasteiger partial charge < -0.3 is 14.7 Å². The summed E-state index contributed by atoms with van der Waals surface area (Å²) in [7, 11) is 0. The van der Waals surface area contributed by atoms with E-state index in [1.54, 1.807) is 0 Å². The predicted molar refractivity (Wildman–Crippen MR) is 114 cm³/mol. The van der Waals surface area contributed by atoms with E-state index in [9.17, 15) is 4.79 Å². The average Bonchev–Trinajstić information content (AvgIpc) is 2.80. The molecule has 29 heavy (non-hydrogen) atoms. The Morgan fingerprint density at radius 2 is 1.48 bits per heavy atom. The molecule has 2 aromatic rings. The fourth-order valence-corrected chi connectivity index (χ4v) is 4.03. The van der Waals surface area contributed by atoms with Gasteiger partial charge in [0, 0.05) is 84.3 Å². The number of rotatable bonds is 6. The van der Waals surface area contributed by atoms with Gasteiger partial charge in [0.1, 0.15) is 5.82 Å². The maximum absolute atomic E-state index is 12.6. The standard InChI is InChI=1S/C22H30N6O/c29-22(28-17-15-27(16-18-28)21-6-2-4-9-24-21)7-10-25-11-13-26(14-12-25)19-20-5-1-3-8-23-20/h1-6,8-9H,7,10-19H2. The van der Waals surface area contributed by atoms with Crippen molar-refractivity contribution >= 4 is 11.7 Å². The third-order valence-electron chi connectivity index (χ3n) is 5.82. The second-order valence-electron chi connectivity index (χ2n) is 7.74. The van der Waals surface area contributed by atoms with E-state index in [-0.39, 0.29) is 5.91 Å². The first-order chi connectivity index (χ1) is 14.3. The van der Waals surface area contributed by atoms with Gasteiger partial charge in [-0.1, -0.05) is 12.1 Å². The van der Waals surface area contributed by atoms with Crippen molar-refractivity contribution in [3.8, 4) is 0 Å². The van der Waals surface area contributed by atoms with Crippen LogP contribution in [-0.2, 0) is 11.3 Å². The first kappa shape index (κ1) is 19.8. The lowest BCUT2D eigenvalue weighted by atomic mass is 10.2. The van der Waals surface area contributed by atoms with E-state index in [1.807, 2.05) is 47.6 Å². The molecule has 0 unspecified atom stereocenters. The number of hydrogen-bond donors (Lipinski definition) is 0. The molecule has 2 aliphatic rings. The van der Waals surface area contributed by atoms with Gasteiger partial charge in [0.15, 0.2) is 0 Å². The van der Waals surface area contributed by atoms with Crippen LogP contribution in [0.5, 0.6) is 0 Å². The highest BCUT2D eigenvalue weighted by Crippen LogP contribution is 2.13. The van der Waals surface area contributed by atoms with E-state index in [4.69, 9.17) is 0 Å². The van der Waals surface area contributed by atoms with Crippen LogP contribution in [0.3, 0.4) is 0 Å². The number of hydrogen-bond acceptors (Lipinski definition) is 6. The zero-order chi connectivity index (χ0) is 19.9. The molecule has 154 valence electrons. The Hall–Kier alpha value is -2.51. The highest BCUT2D eigenvalue weighted by molar-refractivity contribution is 5.76. The van der Waals surface area contributed by atoms with Crippen molar-refractivity contribution in [3.63, 3.8) is 0 Å². The van der Waals surface area contributed by atoms with Crippen molar-refractivity contribution in [3.05, 3.63) is 54.5 Å². The molecule has 2 aliphatic heterocycles. The Morgan fingerprint density at radius 3 is 2.14 bits per heavy atom. The fraction of sp³-hybridized carbons (Fsp3) is 0.500. The van der Waals surface area contributed by atoms with Crippen LogP contribution in [0.4, 0.5) is 5.82 Å². The summed E-state index contributed by atoms with van der Waals surface area (Å²) >= 11 is 0. The Labute approximate surface area is 172 Å². The van der Waals surface area contributed by atoms with Crippen molar-refractivity contribution in [2.75, 3.05) is 63.8 Å². The second kappa shape index (κ2) is 9.80. The third kappa shape index (κ3) is 5.52. The molecule has 7 nitrogen and oxygen atoms in total. The van der Waals surface area contributed by atoms with Gasteiger partial charge in [0.2, 0.25) is 5.91 Å². The Bertz CT molecular complexity index is 755. The Kier molecular flexibility index (Phi) is 6.69. The molecular weight excluding hydrogens is 364 g/mol. The van der Waals surface area contributed by atoms with Crippen LogP contribution in [0, 0.1) is 0 Å². The molecule has 4 rings (SSSR count). The van der Waals surface area contributed by atoms with E-state index >= 15 is 0 Å². The van der Waals surface area contributed by atoms with Gasteiger partial charge in [-0.25, -0.2) is 4.98 Å². The zero-order valence-corrected chi connectivity index (χ0v) is 17.0. The van der Waals surface area contributed by atoms with Crippen LogP contribution in [0.15, 0.2) is 48.8 Å². The van der Waals surface area contributed by atoms with Gasteiger partial charge in [-0.3, -0.25) is 14.7 Å². The van der Waals surface area contributed by atoms with Crippen molar-refractivity contribution in [2.24, 2.45) is 0 Å². The molecule has 0 N–H and O–H groups in total. The third-order valence-corrected chi connectivity index (χ3v) is 5.82. The average molecular weight is 395 g/mol. The molecule has 0 aromatic carbocycles. The number of carbonyl (C=O) groups excluding carboxylic acids is 1. The Balaban J connectivity index is 1.15. The molecule has 0 radical (unpaired) electrons. The van der Waals surface area contributed by atoms with Gasteiger partial charge >= 0.3 is 0 Å². The maximum Gasteiger partial charge on any atom is 0.223 e. The molecule has 0 bridgehead atoms. The smallest absolute Gasteiger partial charge is 0.223 e. The molecule has 0 aliphatic carbocycles. The summed E-state index contributed by atoms with van der Waals surface area (Å²) in [4.78, 5) is 30.6. The molecule has 2 aromatic heterocycles. The summed E-state index contributed by atoms with van der Waals surface area (Å²) in [6.07, 6.45) is 4.29. The highest BCUT2D eigenvalue weighted by Gasteiger charge is 2.23. The lowest BCUT2D eigenvalue weighted by Gasteiger charge is -2.37. The number of aromatic nitrogens is 2. The first-order valence-corrected chi connectivity index (χ1v) is 10.6. The van der Waals surface area contributed by atoms with E-state index in [2.05, 4.69) is 30.7 Å². The topological polar surface area (TPSA) is 55.8 Å². The van der Waals surface area contributed by atoms with E-state index in [0.29, 0.717) is 6.42 Å². The van der Waals surface area contributed by atoms with Gasteiger partial charge in [0.05, 0.1) is 5.69 Å². The van der Waals surface area contributed by atoms with E-state index in [0.717, 1.165) is 77.0 Å². The molecule has 2 fully saturated rings. The highest BCUT2D eigenvalue weighted by atomic mass is 16.2. The van der Waals surface area contributed by atoms with Crippen LogP contribution >= 0.6 is 0 Å². The molecule has 1 amide bonds. The predicted octanol–water partition coefficient (Wildman–Crippen LogP) is 1.33. The molecule has 4 heterocycles. The van der Waals surface area contributed by atoms with Crippen molar-refractivity contribution < 1.29 is 4.79 Å². The van der Waals surface area contributed by atoms with Gasteiger partial charge in [-0.15, -0.1) is 0 Å². The summed E-state index contributed by atoms with van der Waals surface area (Å²) in [6.45, 7) is 9.16. The number of piperazine rings is 2. The lowest BCUT2D eigenvalue weighted by molar-refractivity contribution is -0.131. The van der Waals surface area contributed by atoms with Crippen LogP contribution < -0.4 is 4.90 Å². The number of amides is 1. The summed E-state index contributed by atoms with van der Waals surface area (Å²) in [6, 6.07) is 12.1. The number of anilines is 1. The quantitative estimate of drug-likeness (QED) is 0.737. The first-order valence-electron chi connectivity index (χ1n) is 10.6. The largest absolute Gasteiger partial charge is 0.353 e. The van der Waals surface area contributed by atoms with Gasteiger partial charge in [-0.05, 0) is 24.3 Å². The minimum absolute atomic E-state index is 0.279. The normalized spacial score (nSPS) is 18.8. The van der Waals surface area contributed by atoms with Crippen LogP contribution in [0.2, 0.25) is 0 Å². The molecule has 2 saturated heterocycles. The summed E-state index contributed by atoms with van der Waals surface area (Å²) in [5.41, 5.74) is 1.13. The van der Waals surface area contributed by atoms with Crippen molar-refractivity contribution in [2.45, 2.75) is 13.0 Å². The molecule has 0 saturated carbocycles. The molecule has 7 heteroatoms. The second-order valence-corrected chi connectivity index (χ2v) is 7.74. The van der Waals surface area contributed by atoms with Gasteiger partial charge in [-0.2, -0.15) is 0 Å². The fourth-order valence-electron chi connectivity index (χ4n) is 4.03. The summed E-state index contributed by atoms with van der Waals surface area (Å²) in [5.74, 6) is 1.28. The minimum Gasteiger partial charge on any atom is -0.353 e. The van der Waals surface area contributed by atoms with Gasteiger partial charge in [0.25, 0.3) is 0 Å². The van der Waals surface area contributed by atoms with Crippen LogP contribution in [-0.4, -0.2) is 89.5 Å². The van der Waals surface area contributed by atoms with Crippen LogP contribution in [0.1, 0.15) is 12.1 Å². The van der Waals surface area contributed by atoms with Crippen LogP contribution in [0.25, 0.3) is 0 Å². The molecule has 0 atom stereocenters. The number of pyridine rings is 2. The lowest BCUT2D eigenvalue weighted by Crippen LogP contribution is -2.50. The number of carbonyl (C=O) groups is 1. The maximum atomic E-state index is 12.6. The van der Waals surface area contributed by atoms with Crippen molar-refractivity contribution in [1.82, 2.24) is 24.7 Å². The molecular formula is C22H30N6O. The van der Waals surface area contributed by atoms with E-state index in [1.165, 1.54) is 0 Å². The zero-order valence-electron chi connectivity index (χ0n) is 17.0. The number of nitrogens with zero attached hydrogens (tertiary/aromatic N) is 6.